The summed E-state index contributed by atoms with van der Waals surface area (Å²) in [7, 11) is 0. The van der Waals surface area contributed by atoms with Crippen LogP contribution in [0.25, 0.3) is 0 Å². The number of unbranched alkanes of at least 4 members (excludes halogenated alkanes) is 9. The van der Waals surface area contributed by atoms with Crippen LogP contribution in [0.2, 0.25) is 0 Å². The molecule has 0 aliphatic carbocycles. The zero-order valence-electron chi connectivity index (χ0n) is 19.5. The molecule has 156 valence electrons. The summed E-state index contributed by atoms with van der Waals surface area (Å²) in [5, 5.41) is 23.5. The Labute approximate surface area is 217 Å². The zero-order valence-corrected chi connectivity index (χ0v) is 23.5. The molecule has 7 heteroatoms. The molecule has 0 radical (unpaired) electrons. The van der Waals surface area contributed by atoms with E-state index in [0.29, 0.717) is 0 Å². The second-order valence-corrected chi connectivity index (χ2v) is 6.98. The van der Waals surface area contributed by atoms with E-state index in [1.54, 1.807) is 6.92 Å². The van der Waals surface area contributed by atoms with Crippen LogP contribution in [0.4, 0.5) is 0 Å². The Hall–Kier alpha value is 0.900. The molecule has 2 atom stereocenters. The van der Waals surface area contributed by atoms with E-state index in [9.17, 15) is 19.8 Å². The van der Waals surface area contributed by atoms with Gasteiger partial charge in [-0.2, -0.15) is 0 Å². The molecule has 0 amide bonds. The van der Waals surface area contributed by atoms with Crippen LogP contribution in [0.1, 0.15) is 105 Å². The van der Waals surface area contributed by atoms with Crippen LogP contribution < -0.4 is 74.6 Å². The van der Waals surface area contributed by atoms with Crippen molar-refractivity contribution >= 4 is 11.9 Å². The normalized spacial score (nSPS) is 11.9. The molecule has 0 aromatic rings. The van der Waals surface area contributed by atoms with Gasteiger partial charge in [0, 0.05) is 23.9 Å². The van der Waals surface area contributed by atoms with Crippen LogP contribution in [0.3, 0.4) is 0 Å². The summed E-state index contributed by atoms with van der Waals surface area (Å²) >= 11 is 0. The minimum absolute atomic E-state index is 0. The Morgan fingerprint density at radius 2 is 1.18 bits per heavy atom. The minimum Gasteiger partial charge on any atom is -0.550 e. The molecule has 0 spiro atoms. The van der Waals surface area contributed by atoms with Crippen LogP contribution in [0, 0.1) is 5.92 Å². The van der Waals surface area contributed by atoms with E-state index in [-0.39, 0.29) is 71.6 Å². The van der Waals surface area contributed by atoms with E-state index in [4.69, 9.17) is 0 Å². The number of hydrogen-bond donors (Lipinski definition) is 1. The number of carbonyl (C=O) groups is 2. The third-order valence-corrected chi connectivity index (χ3v) is 4.64. The number of aliphatic carboxylic acids is 2. The third kappa shape index (κ3) is 26.9. The maximum atomic E-state index is 10.8. The molecule has 0 heterocycles. The SMILES string of the molecule is CCC(=O)[O-].CCCCCCCCCCCCNC(CC)C(C)C(=O)[O-].[Na+].[Na+]. The van der Waals surface area contributed by atoms with Gasteiger partial charge in [-0.05, 0) is 25.8 Å². The van der Waals surface area contributed by atoms with E-state index >= 15 is 0 Å². The Bertz CT molecular complexity index is 344. The van der Waals surface area contributed by atoms with E-state index < -0.39 is 17.9 Å². The topological polar surface area (TPSA) is 92.3 Å². The summed E-state index contributed by atoms with van der Waals surface area (Å²) in [6.45, 7) is 8.47. The molecule has 0 aliphatic heterocycles. The van der Waals surface area contributed by atoms with Crippen molar-refractivity contribution in [3.8, 4) is 0 Å². The number of hydrogen-bond acceptors (Lipinski definition) is 5. The van der Waals surface area contributed by atoms with Crippen LogP contribution in [0.15, 0.2) is 0 Å². The first-order valence-electron chi connectivity index (χ1n) is 10.5. The maximum Gasteiger partial charge on any atom is 1.00 e. The Balaban J connectivity index is -0.000000364. The number of carboxylic acid groups (broad SMARTS) is 2. The molecule has 5 nitrogen and oxygen atoms in total. The van der Waals surface area contributed by atoms with E-state index in [2.05, 4.69) is 12.2 Å². The summed E-state index contributed by atoms with van der Waals surface area (Å²) in [5.41, 5.74) is 0. The van der Waals surface area contributed by atoms with Crippen LogP contribution >= 0.6 is 0 Å². The molecule has 0 aromatic heterocycles. The van der Waals surface area contributed by atoms with Gasteiger partial charge in [-0.25, -0.2) is 0 Å². The Morgan fingerprint density at radius 3 is 1.50 bits per heavy atom. The van der Waals surface area contributed by atoms with Crippen molar-refractivity contribution in [2.24, 2.45) is 5.92 Å². The second kappa shape index (κ2) is 27.9. The molecule has 0 bridgehead atoms. The average molecular weight is 418 g/mol. The van der Waals surface area contributed by atoms with Crippen LogP contribution in [0.5, 0.6) is 0 Å². The molecular weight excluding hydrogens is 376 g/mol. The van der Waals surface area contributed by atoms with Crippen molar-refractivity contribution in [1.82, 2.24) is 5.32 Å². The van der Waals surface area contributed by atoms with Crippen molar-refractivity contribution in [2.45, 2.75) is 111 Å². The van der Waals surface area contributed by atoms with Crippen LogP contribution in [-0.4, -0.2) is 24.5 Å². The van der Waals surface area contributed by atoms with Gasteiger partial charge in [0.2, 0.25) is 0 Å². The predicted octanol–water partition coefficient (Wildman–Crippen LogP) is -3.18. The average Bonchev–Trinajstić information content (AvgIpc) is 2.62. The first-order chi connectivity index (χ1) is 12.4. The van der Waals surface area contributed by atoms with Crippen molar-refractivity contribution in [3.63, 3.8) is 0 Å². The zero-order chi connectivity index (χ0) is 20.2. The van der Waals surface area contributed by atoms with Crippen LogP contribution in [-0.2, 0) is 9.59 Å². The van der Waals surface area contributed by atoms with Gasteiger partial charge in [0.1, 0.15) is 0 Å². The fourth-order valence-corrected chi connectivity index (χ4v) is 2.74. The monoisotopic (exact) mass is 417 g/mol. The Morgan fingerprint density at radius 1 is 0.786 bits per heavy atom. The summed E-state index contributed by atoms with van der Waals surface area (Å²) in [6.07, 6.45) is 14.3. The van der Waals surface area contributed by atoms with Crippen molar-refractivity contribution < 1.29 is 78.9 Å². The fraction of sp³-hybridized carbons (Fsp3) is 0.905. The van der Waals surface area contributed by atoms with Gasteiger partial charge in [-0.15, -0.1) is 0 Å². The number of carboxylic acids is 2. The Kier molecular flexibility index (Phi) is 36.2. The first-order valence-corrected chi connectivity index (χ1v) is 10.5. The summed E-state index contributed by atoms with van der Waals surface area (Å²) in [5.74, 6) is -2.35. The quantitative estimate of drug-likeness (QED) is 0.211. The predicted molar refractivity (Wildman–Crippen MR) is 103 cm³/mol. The van der Waals surface area contributed by atoms with Gasteiger partial charge in [0.15, 0.2) is 0 Å². The maximum absolute atomic E-state index is 10.8. The van der Waals surface area contributed by atoms with Gasteiger partial charge >= 0.3 is 59.1 Å². The molecular formula is C21H41NNa2O4. The van der Waals surface area contributed by atoms with Crippen molar-refractivity contribution in [1.29, 1.82) is 0 Å². The summed E-state index contributed by atoms with van der Waals surface area (Å²) in [4.78, 5) is 20.1. The molecule has 0 aromatic carbocycles. The van der Waals surface area contributed by atoms with Gasteiger partial charge in [-0.3, -0.25) is 0 Å². The van der Waals surface area contributed by atoms with Crippen molar-refractivity contribution in [3.05, 3.63) is 0 Å². The smallest absolute Gasteiger partial charge is 0.550 e. The number of rotatable bonds is 16. The van der Waals surface area contributed by atoms with E-state index in [0.717, 1.165) is 19.4 Å². The molecule has 0 fully saturated rings. The fourth-order valence-electron chi connectivity index (χ4n) is 2.74. The molecule has 1 N–H and O–H groups in total. The molecule has 0 rings (SSSR count). The van der Waals surface area contributed by atoms with Gasteiger partial charge in [0.25, 0.3) is 0 Å². The third-order valence-electron chi connectivity index (χ3n) is 4.64. The molecule has 28 heavy (non-hydrogen) atoms. The van der Waals surface area contributed by atoms with Gasteiger partial charge < -0.3 is 25.1 Å². The largest absolute Gasteiger partial charge is 1.00 e. The molecule has 2 unspecified atom stereocenters. The molecule has 0 saturated heterocycles. The van der Waals surface area contributed by atoms with Crippen molar-refractivity contribution in [2.75, 3.05) is 6.54 Å². The van der Waals surface area contributed by atoms with E-state index in [1.807, 2.05) is 6.92 Å². The second-order valence-electron chi connectivity index (χ2n) is 6.98. The first kappa shape index (κ1) is 36.3. The molecule has 0 aliphatic rings. The van der Waals surface area contributed by atoms with Gasteiger partial charge in [0.05, 0.1) is 0 Å². The summed E-state index contributed by atoms with van der Waals surface area (Å²) < 4.78 is 0. The molecule has 0 saturated carbocycles. The minimum atomic E-state index is -0.995. The standard InChI is InChI=1S/C18H37NO2.C3H6O2.2Na/c1-4-6-7-8-9-10-11-12-13-14-15-19-17(5-2)16(3)18(20)21;1-2-3(4)5;;/h16-17,19H,4-15H2,1-3H3,(H,20,21);2H2,1H3,(H,4,5);;/q;;2*+1/p-2. The number of nitrogens with one attached hydrogen (secondary N) is 1. The van der Waals surface area contributed by atoms with Gasteiger partial charge in [-0.1, -0.05) is 85.5 Å². The summed E-state index contributed by atoms with van der Waals surface area (Å²) in [6, 6.07) is 0.0496. The number of carbonyl (C=O) groups excluding carboxylic acids is 2. The van der Waals surface area contributed by atoms with E-state index in [1.165, 1.54) is 64.7 Å².